The van der Waals surface area contributed by atoms with Gasteiger partial charge in [-0.15, -0.1) is 23.1 Å². The largest absolute Gasteiger partial charge is 0.481 e. The highest BCUT2D eigenvalue weighted by Gasteiger charge is 2.35. The average Bonchev–Trinajstić information content (AvgIpc) is 3.33. The second-order valence-corrected chi connectivity index (χ2v) is 14.4. The lowest BCUT2D eigenvalue weighted by atomic mass is 9.82. The first kappa shape index (κ1) is 34.0. The van der Waals surface area contributed by atoms with Crippen LogP contribution in [-0.2, 0) is 36.8 Å². The van der Waals surface area contributed by atoms with Crippen molar-refractivity contribution in [3.05, 3.63) is 52.4 Å². The molecule has 3 amide bonds. The fourth-order valence-corrected chi connectivity index (χ4v) is 7.30. The summed E-state index contributed by atoms with van der Waals surface area (Å²) in [5, 5.41) is 15.0. The van der Waals surface area contributed by atoms with Crippen molar-refractivity contribution in [2.75, 3.05) is 23.8 Å². The highest BCUT2D eigenvalue weighted by molar-refractivity contribution is 8.00. The van der Waals surface area contributed by atoms with Crippen LogP contribution in [0.25, 0.3) is 0 Å². The summed E-state index contributed by atoms with van der Waals surface area (Å²) in [6.45, 7) is 9.65. The summed E-state index contributed by atoms with van der Waals surface area (Å²) < 4.78 is 10.8. The molecular formula is C32H39N3O8S2. The summed E-state index contributed by atoms with van der Waals surface area (Å²) in [5.41, 5.74) is 0.933. The van der Waals surface area contributed by atoms with E-state index in [1.165, 1.54) is 23.1 Å². The van der Waals surface area contributed by atoms with Gasteiger partial charge in [0.05, 0.1) is 35.8 Å². The second kappa shape index (κ2) is 14.5. The third kappa shape index (κ3) is 8.66. The van der Waals surface area contributed by atoms with Crippen molar-refractivity contribution in [3.63, 3.8) is 0 Å². The molecule has 1 aromatic carbocycles. The van der Waals surface area contributed by atoms with Crippen LogP contribution in [0.4, 0.5) is 15.5 Å². The lowest BCUT2D eigenvalue weighted by molar-refractivity contribution is -0.146. The molecule has 0 saturated heterocycles. The Kier molecular flexibility index (Phi) is 11.0. The summed E-state index contributed by atoms with van der Waals surface area (Å²) in [7, 11) is 0. The molecule has 3 atom stereocenters. The predicted octanol–water partition coefficient (Wildman–Crippen LogP) is 5.94. The molecule has 3 unspecified atom stereocenters. The van der Waals surface area contributed by atoms with Crippen LogP contribution in [0.1, 0.15) is 68.3 Å². The van der Waals surface area contributed by atoms with Crippen LogP contribution in [-0.4, -0.2) is 63.9 Å². The standard InChI is InChI=1S/C32H39N3O8S2/c1-6-42-30(40)25-23-14-15-35(31(41)43-32(3,4)5)17-24(23)45-28(25)34-26(36)18(2)44-20-11-9-10-19(16-20)33-27(37)21-12-7-8-13-22(21)29(38)39/h7-11,16,18,21-22H,6,12-15,17H2,1-5H3,(H,33,37)(H,34,36)(H,38,39). The lowest BCUT2D eigenvalue weighted by Crippen LogP contribution is -2.39. The van der Waals surface area contributed by atoms with Crippen LogP contribution in [0.5, 0.6) is 0 Å². The molecule has 3 N–H and O–H groups in total. The van der Waals surface area contributed by atoms with Crippen molar-refractivity contribution in [1.29, 1.82) is 0 Å². The Morgan fingerprint density at radius 2 is 1.82 bits per heavy atom. The minimum Gasteiger partial charge on any atom is -0.481 e. The van der Waals surface area contributed by atoms with E-state index in [2.05, 4.69) is 10.6 Å². The highest BCUT2D eigenvalue weighted by Crippen LogP contribution is 2.39. The van der Waals surface area contributed by atoms with Gasteiger partial charge < -0.3 is 30.1 Å². The monoisotopic (exact) mass is 657 g/mol. The van der Waals surface area contributed by atoms with Gasteiger partial charge in [-0.2, -0.15) is 0 Å². The predicted molar refractivity (Wildman–Crippen MR) is 173 cm³/mol. The summed E-state index contributed by atoms with van der Waals surface area (Å²) in [6.07, 6.45) is 4.25. The first-order valence-corrected chi connectivity index (χ1v) is 16.5. The van der Waals surface area contributed by atoms with Gasteiger partial charge >= 0.3 is 18.0 Å². The van der Waals surface area contributed by atoms with Crippen molar-refractivity contribution in [2.24, 2.45) is 11.8 Å². The van der Waals surface area contributed by atoms with Crippen molar-refractivity contribution in [1.82, 2.24) is 4.90 Å². The third-order valence-corrected chi connectivity index (χ3v) is 9.52. The van der Waals surface area contributed by atoms with Crippen molar-refractivity contribution in [2.45, 2.75) is 76.2 Å². The normalized spacial score (nSPS) is 18.4. The van der Waals surface area contributed by atoms with Crippen molar-refractivity contribution < 1.29 is 38.6 Å². The Bertz CT molecular complexity index is 1500. The number of nitrogens with zero attached hydrogens (tertiary/aromatic N) is 1. The van der Waals surface area contributed by atoms with E-state index in [1.54, 1.807) is 63.8 Å². The Balaban J connectivity index is 1.45. The summed E-state index contributed by atoms with van der Waals surface area (Å²) >= 11 is 2.52. The second-order valence-electron chi connectivity index (χ2n) is 11.8. The maximum absolute atomic E-state index is 13.4. The van der Waals surface area contributed by atoms with Gasteiger partial charge in [0.15, 0.2) is 0 Å². The Labute approximate surface area is 270 Å². The molecule has 1 aliphatic carbocycles. The maximum atomic E-state index is 13.4. The smallest absolute Gasteiger partial charge is 0.410 e. The van der Waals surface area contributed by atoms with E-state index in [4.69, 9.17) is 9.47 Å². The molecule has 1 aliphatic heterocycles. The molecule has 0 saturated carbocycles. The van der Waals surface area contributed by atoms with E-state index in [0.717, 1.165) is 15.3 Å². The number of carboxylic acids is 1. The zero-order chi connectivity index (χ0) is 32.9. The Hall–Kier alpha value is -3.84. The molecule has 2 heterocycles. The van der Waals surface area contributed by atoms with Gasteiger partial charge in [0.25, 0.3) is 0 Å². The molecule has 0 spiro atoms. The number of carbonyl (C=O) groups excluding carboxylic acids is 4. The van der Waals surface area contributed by atoms with Gasteiger partial charge in [0.2, 0.25) is 11.8 Å². The molecule has 0 radical (unpaired) electrons. The number of amides is 3. The van der Waals surface area contributed by atoms with Crippen LogP contribution in [0.2, 0.25) is 0 Å². The number of thiophene rings is 1. The molecule has 45 heavy (non-hydrogen) atoms. The molecule has 13 heteroatoms. The number of allylic oxidation sites excluding steroid dienone is 2. The van der Waals surface area contributed by atoms with Crippen LogP contribution >= 0.6 is 23.1 Å². The molecule has 2 aromatic rings. The van der Waals surface area contributed by atoms with E-state index in [9.17, 15) is 29.1 Å². The fraction of sp³-hybridized carbons (Fsp3) is 0.469. The van der Waals surface area contributed by atoms with Gasteiger partial charge in [0, 0.05) is 22.0 Å². The van der Waals surface area contributed by atoms with Gasteiger partial charge in [-0.25, -0.2) is 9.59 Å². The van der Waals surface area contributed by atoms with Gasteiger partial charge in [0.1, 0.15) is 10.6 Å². The number of anilines is 2. The summed E-state index contributed by atoms with van der Waals surface area (Å²) in [6, 6.07) is 7.01. The van der Waals surface area contributed by atoms with E-state index in [0.29, 0.717) is 42.1 Å². The molecule has 11 nitrogen and oxygen atoms in total. The number of fused-ring (bicyclic) bond motifs is 1. The van der Waals surface area contributed by atoms with Gasteiger partial charge in [-0.1, -0.05) is 18.2 Å². The summed E-state index contributed by atoms with van der Waals surface area (Å²) in [5.74, 6) is -3.67. The van der Waals surface area contributed by atoms with Gasteiger partial charge in [-0.05, 0) is 77.6 Å². The first-order chi connectivity index (χ1) is 21.3. The quantitative estimate of drug-likeness (QED) is 0.169. The zero-order valence-corrected chi connectivity index (χ0v) is 27.6. The Morgan fingerprint density at radius 3 is 2.49 bits per heavy atom. The average molecular weight is 658 g/mol. The molecule has 4 rings (SSSR count). The first-order valence-electron chi connectivity index (χ1n) is 14.8. The van der Waals surface area contributed by atoms with E-state index >= 15 is 0 Å². The van der Waals surface area contributed by atoms with Gasteiger partial charge in [-0.3, -0.25) is 14.4 Å². The number of carbonyl (C=O) groups is 5. The third-order valence-electron chi connectivity index (χ3n) is 7.29. The van der Waals surface area contributed by atoms with E-state index < -0.39 is 40.7 Å². The summed E-state index contributed by atoms with van der Waals surface area (Å²) in [4.78, 5) is 66.7. The highest BCUT2D eigenvalue weighted by atomic mass is 32.2. The SMILES string of the molecule is CCOC(=O)c1c(NC(=O)C(C)Sc2cccc(NC(=O)C3CC=CCC3C(=O)O)c2)sc2c1CCN(C(=O)OC(C)(C)C)C2. The number of esters is 1. The minimum atomic E-state index is -0.998. The maximum Gasteiger partial charge on any atom is 0.410 e. The number of nitrogens with one attached hydrogen (secondary N) is 2. The van der Waals surface area contributed by atoms with E-state index in [-0.39, 0.29) is 25.0 Å². The number of carboxylic acid groups (broad SMARTS) is 1. The number of hydrogen-bond acceptors (Lipinski definition) is 9. The van der Waals surface area contributed by atoms with E-state index in [1.807, 2.05) is 12.1 Å². The molecule has 242 valence electrons. The molecule has 0 bridgehead atoms. The lowest BCUT2D eigenvalue weighted by Gasteiger charge is -2.30. The van der Waals surface area contributed by atoms with Crippen LogP contribution in [0.3, 0.4) is 0 Å². The molecule has 2 aliphatic rings. The number of rotatable bonds is 9. The number of benzene rings is 1. The number of ether oxygens (including phenoxy) is 2. The topological polar surface area (TPSA) is 151 Å². The number of aliphatic carboxylic acids is 1. The minimum absolute atomic E-state index is 0.175. The van der Waals surface area contributed by atoms with Crippen molar-refractivity contribution >= 4 is 63.6 Å². The van der Waals surface area contributed by atoms with Crippen molar-refractivity contribution in [3.8, 4) is 0 Å². The number of thioether (sulfide) groups is 1. The zero-order valence-electron chi connectivity index (χ0n) is 26.0. The number of hydrogen-bond donors (Lipinski definition) is 3. The Morgan fingerprint density at radius 1 is 1.11 bits per heavy atom. The fourth-order valence-electron chi connectivity index (χ4n) is 5.12. The molecule has 1 aromatic heterocycles. The molecular weight excluding hydrogens is 618 g/mol. The van der Waals surface area contributed by atoms with Crippen LogP contribution < -0.4 is 10.6 Å². The van der Waals surface area contributed by atoms with Crippen LogP contribution in [0, 0.1) is 11.8 Å². The molecule has 0 fully saturated rings. The van der Waals surface area contributed by atoms with Crippen LogP contribution in [0.15, 0.2) is 41.3 Å².